The SMILES string of the molecule is CCC(C)(C)CCNC(=S)NCCCNC(=S)NCCC(C)(C)COP(=O)(O)O. The van der Waals surface area contributed by atoms with Crippen molar-refractivity contribution >= 4 is 42.5 Å². The van der Waals surface area contributed by atoms with Crippen LogP contribution in [0.5, 0.6) is 0 Å². The summed E-state index contributed by atoms with van der Waals surface area (Å²) >= 11 is 10.5. The highest BCUT2D eigenvalue weighted by Crippen LogP contribution is 2.38. The molecule has 0 radical (unpaired) electrons. The van der Waals surface area contributed by atoms with Gasteiger partial charge in [-0.05, 0) is 54.5 Å². The molecule has 0 bridgehead atoms. The van der Waals surface area contributed by atoms with E-state index in [9.17, 15) is 4.57 Å². The Labute approximate surface area is 186 Å². The molecule has 0 unspecified atom stereocenters. The van der Waals surface area contributed by atoms with E-state index in [2.05, 4.69) is 46.6 Å². The molecule has 0 atom stereocenters. The van der Waals surface area contributed by atoms with Crippen molar-refractivity contribution in [3.8, 4) is 0 Å². The highest BCUT2D eigenvalue weighted by Gasteiger charge is 2.23. The molecular formula is C18H39N4O4PS2. The molecular weight excluding hydrogens is 431 g/mol. The molecule has 0 aromatic rings. The number of phosphoric ester groups is 1. The summed E-state index contributed by atoms with van der Waals surface area (Å²) in [6, 6.07) is 0. The number of hydrogen-bond donors (Lipinski definition) is 6. The van der Waals surface area contributed by atoms with E-state index in [0.29, 0.717) is 28.6 Å². The molecule has 0 aliphatic carbocycles. The lowest BCUT2D eigenvalue weighted by atomic mass is 9.87. The second-order valence-corrected chi connectivity index (χ2v) is 10.7. The van der Waals surface area contributed by atoms with Crippen molar-refractivity contribution in [1.29, 1.82) is 0 Å². The van der Waals surface area contributed by atoms with Crippen molar-refractivity contribution in [2.75, 3.05) is 32.8 Å². The summed E-state index contributed by atoms with van der Waals surface area (Å²) in [4.78, 5) is 17.6. The molecule has 29 heavy (non-hydrogen) atoms. The first-order valence-corrected chi connectivity index (χ1v) is 12.3. The Morgan fingerprint density at radius 2 is 1.28 bits per heavy atom. The van der Waals surface area contributed by atoms with Crippen molar-refractivity contribution in [1.82, 2.24) is 21.3 Å². The monoisotopic (exact) mass is 470 g/mol. The molecule has 0 heterocycles. The molecule has 0 spiro atoms. The third-order valence-corrected chi connectivity index (χ3v) is 5.72. The Balaban J connectivity index is 3.74. The lowest BCUT2D eigenvalue weighted by Crippen LogP contribution is -2.40. The summed E-state index contributed by atoms with van der Waals surface area (Å²) < 4.78 is 15.4. The summed E-state index contributed by atoms with van der Waals surface area (Å²) in [6.45, 7) is 13.4. The van der Waals surface area contributed by atoms with E-state index in [4.69, 9.17) is 34.2 Å². The number of nitrogens with one attached hydrogen (secondary N) is 4. The highest BCUT2D eigenvalue weighted by molar-refractivity contribution is 7.80. The topological polar surface area (TPSA) is 115 Å². The van der Waals surface area contributed by atoms with Gasteiger partial charge in [-0.25, -0.2) is 4.57 Å². The van der Waals surface area contributed by atoms with Gasteiger partial charge in [0.2, 0.25) is 0 Å². The molecule has 0 saturated heterocycles. The zero-order chi connectivity index (χ0) is 22.6. The third kappa shape index (κ3) is 18.0. The average Bonchev–Trinajstić information content (AvgIpc) is 2.59. The number of rotatable bonds is 14. The van der Waals surface area contributed by atoms with E-state index >= 15 is 0 Å². The number of phosphoric acid groups is 1. The first-order chi connectivity index (χ1) is 13.3. The molecule has 11 heteroatoms. The van der Waals surface area contributed by atoms with Crippen molar-refractivity contribution in [3.63, 3.8) is 0 Å². The number of thiocarbonyl (C=S) groups is 2. The molecule has 0 fully saturated rings. The minimum Gasteiger partial charge on any atom is -0.363 e. The first kappa shape index (κ1) is 28.5. The molecule has 0 aromatic heterocycles. The largest absolute Gasteiger partial charge is 0.469 e. The lowest BCUT2D eigenvalue weighted by molar-refractivity contribution is 0.123. The van der Waals surface area contributed by atoms with Crippen LogP contribution in [0.4, 0.5) is 0 Å². The summed E-state index contributed by atoms with van der Waals surface area (Å²) in [7, 11) is -4.44. The van der Waals surface area contributed by atoms with Gasteiger partial charge in [0.25, 0.3) is 0 Å². The maximum Gasteiger partial charge on any atom is 0.469 e. The van der Waals surface area contributed by atoms with Crippen molar-refractivity contribution in [2.45, 2.75) is 60.3 Å². The van der Waals surface area contributed by atoms with Gasteiger partial charge in [0.1, 0.15) is 0 Å². The van der Waals surface area contributed by atoms with E-state index in [1.165, 1.54) is 0 Å². The van der Waals surface area contributed by atoms with Crippen molar-refractivity contribution in [2.24, 2.45) is 10.8 Å². The fourth-order valence-corrected chi connectivity index (χ4v) is 3.08. The van der Waals surface area contributed by atoms with Crippen LogP contribution in [0, 0.1) is 10.8 Å². The highest BCUT2D eigenvalue weighted by atomic mass is 32.1. The fraction of sp³-hybridized carbons (Fsp3) is 0.889. The van der Waals surface area contributed by atoms with Crippen LogP contribution in [0.1, 0.15) is 60.3 Å². The van der Waals surface area contributed by atoms with Gasteiger partial charge in [-0.1, -0.05) is 41.0 Å². The smallest absolute Gasteiger partial charge is 0.363 e. The Morgan fingerprint density at radius 3 is 1.69 bits per heavy atom. The van der Waals surface area contributed by atoms with E-state index in [-0.39, 0.29) is 12.0 Å². The third-order valence-electron chi connectivity index (χ3n) is 4.68. The molecule has 6 N–H and O–H groups in total. The molecule has 172 valence electrons. The molecule has 8 nitrogen and oxygen atoms in total. The Kier molecular flexibility index (Phi) is 13.5. The molecule has 0 amide bonds. The maximum absolute atomic E-state index is 10.8. The zero-order valence-corrected chi connectivity index (χ0v) is 20.9. The zero-order valence-electron chi connectivity index (χ0n) is 18.3. The first-order valence-electron chi connectivity index (χ1n) is 10.00. The van der Waals surface area contributed by atoms with Crippen LogP contribution in [-0.2, 0) is 9.09 Å². The van der Waals surface area contributed by atoms with Crippen LogP contribution in [0.3, 0.4) is 0 Å². The molecule has 0 rings (SSSR count). The second-order valence-electron chi connectivity index (χ2n) is 8.66. The Bertz CT molecular complexity index is 556. The van der Waals surface area contributed by atoms with Crippen LogP contribution >= 0.6 is 32.3 Å². The van der Waals surface area contributed by atoms with Gasteiger partial charge in [0, 0.05) is 26.2 Å². The van der Waals surface area contributed by atoms with Crippen LogP contribution in [-0.4, -0.2) is 52.8 Å². The van der Waals surface area contributed by atoms with Gasteiger partial charge in [-0.15, -0.1) is 0 Å². The molecule has 0 saturated carbocycles. The Morgan fingerprint density at radius 1 is 0.862 bits per heavy atom. The maximum atomic E-state index is 10.8. The van der Waals surface area contributed by atoms with Gasteiger partial charge in [0.15, 0.2) is 10.2 Å². The Hall–Kier alpha value is -0.510. The predicted octanol–water partition coefficient (Wildman–Crippen LogP) is 2.66. The fourth-order valence-electron chi connectivity index (χ4n) is 2.15. The molecule has 0 aliphatic heterocycles. The van der Waals surface area contributed by atoms with Crippen LogP contribution < -0.4 is 21.3 Å². The van der Waals surface area contributed by atoms with Gasteiger partial charge < -0.3 is 31.1 Å². The van der Waals surface area contributed by atoms with Crippen molar-refractivity contribution in [3.05, 3.63) is 0 Å². The van der Waals surface area contributed by atoms with E-state index < -0.39 is 7.82 Å². The lowest BCUT2D eigenvalue weighted by Gasteiger charge is -2.24. The van der Waals surface area contributed by atoms with Gasteiger partial charge in [-0.2, -0.15) is 0 Å². The normalized spacial score (nSPS) is 12.4. The minimum atomic E-state index is -4.44. The van der Waals surface area contributed by atoms with Crippen LogP contribution in [0.2, 0.25) is 0 Å². The summed E-state index contributed by atoms with van der Waals surface area (Å²) in [5.74, 6) is 0. The second kappa shape index (κ2) is 13.7. The molecule has 0 aliphatic rings. The minimum absolute atomic E-state index is 0.0191. The van der Waals surface area contributed by atoms with Crippen LogP contribution in [0.25, 0.3) is 0 Å². The summed E-state index contributed by atoms with van der Waals surface area (Å²) in [5.41, 5.74) is -0.0418. The molecule has 0 aromatic carbocycles. The predicted molar refractivity (Wildman–Crippen MR) is 127 cm³/mol. The van der Waals surface area contributed by atoms with Gasteiger partial charge >= 0.3 is 7.82 Å². The van der Waals surface area contributed by atoms with Gasteiger partial charge in [-0.3, -0.25) is 4.52 Å². The van der Waals surface area contributed by atoms with Gasteiger partial charge in [0.05, 0.1) is 6.61 Å². The summed E-state index contributed by atoms with van der Waals surface area (Å²) in [5, 5.41) is 13.9. The standard InChI is InChI=1S/C18H39N4O4PS2/c1-6-17(2,3)8-12-21-15(28)19-10-7-11-20-16(29)22-13-9-18(4,5)14-26-27(23,24)25/h6-14H2,1-5H3,(H2,19,21,28)(H2,20,22,29)(H2,23,24,25). The van der Waals surface area contributed by atoms with Crippen molar-refractivity contribution < 1.29 is 18.9 Å². The number of hydrogen-bond acceptors (Lipinski definition) is 4. The van der Waals surface area contributed by atoms with Crippen LogP contribution in [0.15, 0.2) is 0 Å². The summed E-state index contributed by atoms with van der Waals surface area (Å²) in [6.07, 6.45) is 3.75. The average molecular weight is 471 g/mol. The quantitative estimate of drug-likeness (QED) is 0.129. The van der Waals surface area contributed by atoms with E-state index in [1.807, 2.05) is 13.8 Å². The van der Waals surface area contributed by atoms with E-state index in [1.54, 1.807) is 0 Å². The van der Waals surface area contributed by atoms with E-state index in [0.717, 1.165) is 38.9 Å².